The Bertz CT molecular complexity index is 1700. The number of carbonyl (C=O) groups excluding carboxylic acids is 2. The molecular formula is C41H60O20. The summed E-state index contributed by atoms with van der Waals surface area (Å²) < 4.78 is 47.3. The summed E-state index contributed by atoms with van der Waals surface area (Å²) >= 11 is 0. The number of rotatable bonds is 8. The second kappa shape index (κ2) is 16.0. The highest BCUT2D eigenvalue weighted by Crippen LogP contribution is 2.70. The third kappa shape index (κ3) is 6.82. The van der Waals surface area contributed by atoms with Crippen molar-refractivity contribution in [3.05, 3.63) is 11.6 Å². The number of fused-ring (bicyclic) bond motifs is 7. The van der Waals surface area contributed by atoms with E-state index < -0.39 is 146 Å². The third-order valence-corrected chi connectivity index (χ3v) is 16.3. The predicted molar refractivity (Wildman–Crippen MR) is 198 cm³/mol. The van der Waals surface area contributed by atoms with E-state index in [1.54, 1.807) is 6.92 Å². The molecule has 0 aromatic heterocycles. The highest BCUT2D eigenvalue weighted by Gasteiger charge is 2.72. The molecule has 9 aliphatic rings. The topological polar surface area (TPSA) is 310 Å². The lowest BCUT2D eigenvalue weighted by atomic mass is 9.42. The van der Waals surface area contributed by atoms with E-state index in [9.17, 15) is 60.7 Å². The molecule has 4 aliphatic carbocycles. The Morgan fingerprint density at radius 2 is 1.52 bits per heavy atom. The summed E-state index contributed by atoms with van der Waals surface area (Å²) in [6, 6.07) is 0. The third-order valence-electron chi connectivity index (χ3n) is 16.3. The zero-order valence-corrected chi connectivity index (χ0v) is 34.0. The quantitative estimate of drug-likeness (QED) is 0.0646. The molecule has 0 aromatic carbocycles. The van der Waals surface area contributed by atoms with Crippen molar-refractivity contribution in [2.24, 2.45) is 34.5 Å². The Balaban J connectivity index is 0.921. The van der Waals surface area contributed by atoms with Crippen molar-refractivity contribution >= 4 is 12.3 Å². The fourth-order valence-electron chi connectivity index (χ4n) is 13.1. The molecule has 0 amide bonds. The van der Waals surface area contributed by atoms with Gasteiger partial charge in [0, 0.05) is 35.7 Å². The van der Waals surface area contributed by atoms with Gasteiger partial charge in [-0.2, -0.15) is 0 Å². The van der Waals surface area contributed by atoms with E-state index in [2.05, 4.69) is 0 Å². The van der Waals surface area contributed by atoms with Gasteiger partial charge < -0.3 is 93.8 Å². The molecule has 20 nitrogen and oxygen atoms in total. The zero-order chi connectivity index (χ0) is 43.6. The number of cyclic esters (lactones) is 1. The number of aliphatic hydroxyl groups is 10. The standard InChI is InChI=1S/C41H60O20/c1-16-7-26(60-36-34(51)32(49)30(47)25(58-36)14-55-35-33(50)31(48)29(46)24(12-42)57-35)41(53)37(56-16)59-22-9-18-3-4-20-19(39(18,15-43)11-23(22)61-41)5-6-38(2)28(17-8-27(45)54-13-17)21(44)10-40(20,38)52/h8,15-16,18-26,28-37,42,44,46-53H,3-7,9-14H2,1-2H3. The highest BCUT2D eigenvalue weighted by atomic mass is 16.8. The van der Waals surface area contributed by atoms with Gasteiger partial charge in [0.05, 0.1) is 43.2 Å². The van der Waals surface area contributed by atoms with Gasteiger partial charge >= 0.3 is 5.97 Å². The molecule has 4 saturated carbocycles. The first-order valence-corrected chi connectivity index (χ1v) is 21.6. The van der Waals surface area contributed by atoms with E-state index >= 15 is 0 Å². The van der Waals surface area contributed by atoms with Gasteiger partial charge in [-0.25, -0.2) is 4.79 Å². The van der Waals surface area contributed by atoms with Gasteiger partial charge in [-0.3, -0.25) is 0 Å². The van der Waals surface area contributed by atoms with Gasteiger partial charge in [0.1, 0.15) is 67.8 Å². The minimum absolute atomic E-state index is 0.0145. The summed E-state index contributed by atoms with van der Waals surface area (Å²) in [6.45, 7) is 2.45. The largest absolute Gasteiger partial charge is 0.458 e. The van der Waals surface area contributed by atoms with Crippen molar-refractivity contribution in [2.45, 2.75) is 175 Å². The number of hydrogen-bond donors (Lipinski definition) is 10. The Morgan fingerprint density at radius 1 is 0.820 bits per heavy atom. The maximum atomic E-state index is 13.6. The molecule has 9 rings (SSSR count). The molecule has 24 atom stereocenters. The molecule has 0 aromatic rings. The summed E-state index contributed by atoms with van der Waals surface area (Å²) in [5, 5.41) is 110. The average molecular weight is 873 g/mol. The fraction of sp³-hybridized carbons (Fsp3) is 0.902. The number of ether oxygens (including phenoxy) is 8. The monoisotopic (exact) mass is 872 g/mol. The van der Waals surface area contributed by atoms with Crippen molar-refractivity contribution in [1.82, 2.24) is 0 Å². The average Bonchev–Trinajstić information content (AvgIpc) is 3.74. The molecule has 10 N–H and O–H groups in total. The molecule has 0 bridgehead atoms. The van der Waals surface area contributed by atoms with Crippen LogP contribution in [0.1, 0.15) is 65.2 Å². The molecule has 20 heteroatoms. The van der Waals surface area contributed by atoms with Crippen molar-refractivity contribution < 1.29 is 98.5 Å². The molecule has 5 heterocycles. The molecule has 0 spiro atoms. The summed E-state index contributed by atoms with van der Waals surface area (Å²) in [4.78, 5) is 25.7. The summed E-state index contributed by atoms with van der Waals surface area (Å²) in [5.41, 5.74) is -2.45. The van der Waals surface area contributed by atoms with Crippen LogP contribution in [-0.4, -0.2) is 193 Å². The molecule has 5 aliphatic heterocycles. The maximum absolute atomic E-state index is 13.6. The van der Waals surface area contributed by atoms with Crippen LogP contribution in [-0.2, 0) is 47.5 Å². The van der Waals surface area contributed by atoms with Crippen LogP contribution in [0.2, 0.25) is 0 Å². The van der Waals surface area contributed by atoms with Gasteiger partial charge in [0.2, 0.25) is 12.1 Å². The highest BCUT2D eigenvalue weighted by molar-refractivity contribution is 5.85. The van der Waals surface area contributed by atoms with E-state index in [1.165, 1.54) is 6.08 Å². The smallest absolute Gasteiger partial charge is 0.331 e. The number of carbonyl (C=O) groups is 2. The summed E-state index contributed by atoms with van der Waals surface area (Å²) in [7, 11) is 0. The Labute approximate surface area is 351 Å². The van der Waals surface area contributed by atoms with E-state index in [1.807, 2.05) is 6.92 Å². The first-order chi connectivity index (χ1) is 28.9. The van der Waals surface area contributed by atoms with Crippen LogP contribution >= 0.6 is 0 Å². The van der Waals surface area contributed by atoms with Crippen molar-refractivity contribution in [2.75, 3.05) is 19.8 Å². The Morgan fingerprint density at radius 3 is 2.21 bits per heavy atom. The normalized spacial score (nSPS) is 56.8. The molecule has 24 unspecified atom stereocenters. The lowest BCUT2D eigenvalue weighted by molar-refractivity contribution is -0.471. The van der Waals surface area contributed by atoms with E-state index in [-0.39, 0.29) is 43.6 Å². The minimum Gasteiger partial charge on any atom is -0.458 e. The number of hydrogen-bond acceptors (Lipinski definition) is 20. The Hall–Kier alpha value is -1.80. The van der Waals surface area contributed by atoms with Gasteiger partial charge in [-0.15, -0.1) is 0 Å². The van der Waals surface area contributed by atoms with Crippen LogP contribution in [0.4, 0.5) is 0 Å². The number of aldehydes is 1. The van der Waals surface area contributed by atoms with E-state index in [0.29, 0.717) is 37.7 Å². The maximum Gasteiger partial charge on any atom is 0.331 e. The molecule has 344 valence electrons. The SMILES string of the molecule is CC1CC(OC2OC(COC3OC(CO)C(O)C(O)C3O)C(O)C(O)C2O)C2(O)OC3CC4(C=O)C(CCC5C4CCC4(C)C(C6=CC(=O)OC6)C(O)CC54O)CC3OC2O1. The Kier molecular flexibility index (Phi) is 11.6. The molecular weight excluding hydrogens is 812 g/mol. The van der Waals surface area contributed by atoms with E-state index in [4.69, 9.17) is 37.9 Å². The zero-order valence-electron chi connectivity index (χ0n) is 34.0. The van der Waals surface area contributed by atoms with Gasteiger partial charge in [-0.05, 0) is 68.8 Å². The summed E-state index contributed by atoms with van der Waals surface area (Å²) in [6.07, 6.45) is -17.0. The van der Waals surface area contributed by atoms with E-state index in [0.717, 1.165) is 6.29 Å². The van der Waals surface area contributed by atoms with Crippen molar-refractivity contribution in [1.29, 1.82) is 0 Å². The van der Waals surface area contributed by atoms with Crippen LogP contribution in [0, 0.1) is 34.5 Å². The van der Waals surface area contributed by atoms with Crippen molar-refractivity contribution in [3.8, 4) is 0 Å². The number of aliphatic hydroxyl groups excluding tert-OH is 8. The van der Waals surface area contributed by atoms with Crippen LogP contribution in [0.25, 0.3) is 0 Å². The predicted octanol–water partition coefficient (Wildman–Crippen LogP) is -3.38. The molecule has 8 fully saturated rings. The fourth-order valence-corrected chi connectivity index (χ4v) is 13.1. The lowest BCUT2D eigenvalue weighted by Crippen LogP contribution is -2.72. The number of esters is 1. The van der Waals surface area contributed by atoms with Crippen LogP contribution in [0.5, 0.6) is 0 Å². The van der Waals surface area contributed by atoms with Gasteiger partial charge in [0.15, 0.2) is 12.6 Å². The van der Waals surface area contributed by atoms with Crippen LogP contribution < -0.4 is 0 Å². The van der Waals surface area contributed by atoms with Crippen molar-refractivity contribution in [3.63, 3.8) is 0 Å². The second-order valence-corrected chi connectivity index (χ2v) is 19.4. The minimum atomic E-state index is -2.33. The van der Waals surface area contributed by atoms with Crippen LogP contribution in [0.3, 0.4) is 0 Å². The lowest BCUT2D eigenvalue weighted by Gasteiger charge is -2.64. The van der Waals surface area contributed by atoms with Crippen LogP contribution in [0.15, 0.2) is 11.6 Å². The molecule has 61 heavy (non-hydrogen) atoms. The molecule has 0 radical (unpaired) electrons. The molecule has 4 saturated heterocycles. The first-order valence-electron chi connectivity index (χ1n) is 21.6. The first kappa shape index (κ1) is 44.4. The van der Waals surface area contributed by atoms with Gasteiger partial charge in [-0.1, -0.05) is 6.92 Å². The summed E-state index contributed by atoms with van der Waals surface area (Å²) in [5.74, 6) is -4.09. The second-order valence-electron chi connectivity index (χ2n) is 19.4. The van der Waals surface area contributed by atoms with Gasteiger partial charge in [0.25, 0.3) is 0 Å².